The van der Waals surface area contributed by atoms with E-state index in [0.717, 1.165) is 29.5 Å². The lowest BCUT2D eigenvalue weighted by Crippen LogP contribution is -2.44. The zero-order valence-electron chi connectivity index (χ0n) is 23.6. The van der Waals surface area contributed by atoms with Gasteiger partial charge in [0.15, 0.2) is 5.15 Å². The topological polar surface area (TPSA) is 109 Å². The van der Waals surface area contributed by atoms with Gasteiger partial charge in [-0.3, -0.25) is 9.71 Å². The molecule has 0 bridgehead atoms. The molecule has 220 valence electrons. The number of rotatable bonds is 7. The van der Waals surface area contributed by atoms with Crippen LogP contribution in [0.15, 0.2) is 65.8 Å². The number of hydrogen-bond donors (Lipinski definition) is 2. The van der Waals surface area contributed by atoms with Crippen LogP contribution in [-0.4, -0.2) is 55.4 Å². The van der Waals surface area contributed by atoms with Crippen LogP contribution in [0.2, 0.25) is 5.15 Å². The van der Waals surface area contributed by atoms with Crippen LogP contribution in [0.4, 0.5) is 20.7 Å². The Labute approximate surface area is 251 Å². The molecule has 42 heavy (non-hydrogen) atoms. The van der Waals surface area contributed by atoms with Gasteiger partial charge >= 0.3 is 6.09 Å². The van der Waals surface area contributed by atoms with Gasteiger partial charge in [0.25, 0.3) is 0 Å². The highest BCUT2D eigenvalue weighted by molar-refractivity contribution is 7.86. The van der Waals surface area contributed by atoms with Gasteiger partial charge in [0.2, 0.25) is 0 Å². The standard InChI is InChI=1S/C30H32ClFN6O3S/c1-30(2,3)41-29(39)38-12-4-5-19(18-38)15-34-27-17-33-24-11-6-20(13-25(24)36-27)21-14-26(28(31)35-16-21)37-42(40)23-9-7-22(32)8-10-23/h6-11,13-14,16-17,19,37H,4-5,12,15,18H2,1-3H3,(H,34,36). The third-order valence-corrected chi connectivity index (χ3v) is 8.09. The summed E-state index contributed by atoms with van der Waals surface area (Å²) in [6.07, 6.45) is 4.98. The number of carbonyl (C=O) groups excluding carboxylic acids is 1. The molecule has 1 amide bonds. The Morgan fingerprint density at radius 2 is 1.88 bits per heavy atom. The number of likely N-dealkylation sites (tertiary alicyclic amines) is 1. The minimum Gasteiger partial charge on any atom is -0.444 e. The molecule has 1 fully saturated rings. The molecule has 0 aliphatic carbocycles. The van der Waals surface area contributed by atoms with Crippen LogP contribution >= 0.6 is 11.6 Å². The molecule has 9 nitrogen and oxygen atoms in total. The molecule has 4 aromatic rings. The molecule has 1 aliphatic rings. The van der Waals surface area contributed by atoms with Crippen molar-refractivity contribution in [3.63, 3.8) is 0 Å². The van der Waals surface area contributed by atoms with Gasteiger partial charge < -0.3 is 15.0 Å². The summed E-state index contributed by atoms with van der Waals surface area (Å²) >= 11 is 6.28. The van der Waals surface area contributed by atoms with Crippen LogP contribution in [0, 0.1) is 11.7 Å². The summed E-state index contributed by atoms with van der Waals surface area (Å²) in [7, 11) is -1.66. The third kappa shape index (κ3) is 7.51. The van der Waals surface area contributed by atoms with Gasteiger partial charge in [-0.25, -0.2) is 23.4 Å². The van der Waals surface area contributed by atoms with Gasteiger partial charge in [0, 0.05) is 31.4 Å². The summed E-state index contributed by atoms with van der Waals surface area (Å²) in [4.78, 5) is 28.3. The fourth-order valence-corrected chi connectivity index (χ4v) is 5.71. The molecule has 5 rings (SSSR count). The van der Waals surface area contributed by atoms with Crippen molar-refractivity contribution >= 4 is 51.2 Å². The Morgan fingerprint density at radius 3 is 2.64 bits per heavy atom. The van der Waals surface area contributed by atoms with E-state index < -0.39 is 22.4 Å². The second kappa shape index (κ2) is 12.6. The normalized spacial score (nSPS) is 16.2. The van der Waals surface area contributed by atoms with E-state index in [4.69, 9.17) is 21.3 Å². The number of piperidine rings is 1. The van der Waals surface area contributed by atoms with Crippen LogP contribution in [0.5, 0.6) is 0 Å². The molecule has 12 heteroatoms. The van der Waals surface area contributed by atoms with Crippen LogP contribution in [0.25, 0.3) is 22.2 Å². The van der Waals surface area contributed by atoms with E-state index in [9.17, 15) is 13.4 Å². The number of nitrogens with one attached hydrogen (secondary N) is 2. The van der Waals surface area contributed by atoms with Crippen molar-refractivity contribution in [2.24, 2.45) is 5.92 Å². The van der Waals surface area contributed by atoms with E-state index in [1.807, 2.05) is 39.0 Å². The van der Waals surface area contributed by atoms with E-state index in [1.165, 1.54) is 24.3 Å². The molecule has 0 radical (unpaired) electrons. The van der Waals surface area contributed by atoms with Crippen molar-refractivity contribution in [3.05, 3.63) is 71.9 Å². The maximum Gasteiger partial charge on any atom is 0.410 e. The maximum atomic E-state index is 13.3. The highest BCUT2D eigenvalue weighted by atomic mass is 35.5. The highest BCUT2D eigenvalue weighted by Crippen LogP contribution is 2.30. The van der Waals surface area contributed by atoms with E-state index in [0.29, 0.717) is 41.6 Å². The SMILES string of the molecule is CC(C)(C)OC(=O)N1CCCC(CNc2cnc3ccc(-c4cnc(Cl)c(NS(=O)c5ccc(F)cc5)c4)cc3n2)C1. The molecular weight excluding hydrogens is 579 g/mol. The zero-order chi connectivity index (χ0) is 29.9. The first kappa shape index (κ1) is 29.7. The molecule has 2 aromatic heterocycles. The summed E-state index contributed by atoms with van der Waals surface area (Å²) in [6, 6.07) is 12.8. The largest absolute Gasteiger partial charge is 0.444 e. The number of aromatic nitrogens is 3. The average Bonchev–Trinajstić information content (AvgIpc) is 2.96. The first-order chi connectivity index (χ1) is 20.0. The van der Waals surface area contributed by atoms with Gasteiger partial charge in [0.05, 0.1) is 27.8 Å². The van der Waals surface area contributed by atoms with E-state index in [-0.39, 0.29) is 17.2 Å². The summed E-state index contributed by atoms with van der Waals surface area (Å²) < 4.78 is 34.4. The second-order valence-electron chi connectivity index (χ2n) is 11.2. The quantitative estimate of drug-likeness (QED) is 0.225. The second-order valence-corrected chi connectivity index (χ2v) is 12.7. The zero-order valence-corrected chi connectivity index (χ0v) is 25.1. The molecule has 0 saturated carbocycles. The minimum atomic E-state index is -1.66. The number of fused-ring (bicyclic) bond motifs is 1. The van der Waals surface area contributed by atoms with E-state index in [2.05, 4.69) is 20.0 Å². The predicted octanol–water partition coefficient (Wildman–Crippen LogP) is 6.68. The maximum absolute atomic E-state index is 13.3. The molecule has 3 heterocycles. The van der Waals surface area contributed by atoms with Gasteiger partial charge in [0.1, 0.15) is 28.2 Å². The van der Waals surface area contributed by atoms with Crippen LogP contribution < -0.4 is 10.0 Å². The third-order valence-electron chi connectivity index (χ3n) is 6.69. The van der Waals surface area contributed by atoms with Crippen LogP contribution in [-0.2, 0) is 15.7 Å². The van der Waals surface area contributed by atoms with Crippen molar-refractivity contribution in [1.82, 2.24) is 19.9 Å². The molecule has 2 unspecified atom stereocenters. The minimum absolute atomic E-state index is 0.161. The lowest BCUT2D eigenvalue weighted by atomic mass is 9.98. The summed E-state index contributed by atoms with van der Waals surface area (Å²) in [5.74, 6) is 0.496. The van der Waals surface area contributed by atoms with Crippen LogP contribution in [0.3, 0.4) is 0 Å². The molecule has 2 N–H and O–H groups in total. The lowest BCUT2D eigenvalue weighted by molar-refractivity contribution is 0.0172. The highest BCUT2D eigenvalue weighted by Gasteiger charge is 2.27. The van der Waals surface area contributed by atoms with E-state index >= 15 is 0 Å². The fourth-order valence-electron chi connectivity index (χ4n) is 4.64. The number of amides is 1. The number of hydrogen-bond acceptors (Lipinski definition) is 7. The predicted molar refractivity (Wildman–Crippen MR) is 163 cm³/mol. The first-order valence-electron chi connectivity index (χ1n) is 13.6. The van der Waals surface area contributed by atoms with Gasteiger partial charge in [-0.2, -0.15) is 0 Å². The summed E-state index contributed by atoms with van der Waals surface area (Å²) in [6.45, 7) is 7.59. The number of benzene rings is 2. The first-order valence-corrected chi connectivity index (χ1v) is 15.2. The lowest BCUT2D eigenvalue weighted by Gasteiger charge is -2.34. The van der Waals surface area contributed by atoms with Gasteiger partial charge in [-0.1, -0.05) is 17.7 Å². The number of halogens is 2. The number of ether oxygens (including phenoxy) is 1. The number of nitrogens with zero attached hydrogens (tertiary/aromatic N) is 4. The molecule has 1 aliphatic heterocycles. The van der Waals surface area contributed by atoms with Crippen molar-refractivity contribution in [1.29, 1.82) is 0 Å². The van der Waals surface area contributed by atoms with Crippen LogP contribution in [0.1, 0.15) is 33.6 Å². The van der Waals surface area contributed by atoms with Crippen molar-refractivity contribution in [3.8, 4) is 11.1 Å². The number of pyridine rings is 1. The average molecular weight is 611 g/mol. The molecule has 2 aromatic carbocycles. The van der Waals surface area contributed by atoms with Gasteiger partial charge in [-0.15, -0.1) is 0 Å². The fraction of sp³-hybridized carbons (Fsp3) is 0.333. The smallest absolute Gasteiger partial charge is 0.410 e. The Balaban J connectivity index is 1.27. The Bertz CT molecular complexity index is 1620. The molecule has 1 saturated heterocycles. The summed E-state index contributed by atoms with van der Waals surface area (Å²) in [5, 5.41) is 3.54. The Hall–Kier alpha value is -3.83. The monoisotopic (exact) mass is 610 g/mol. The Morgan fingerprint density at radius 1 is 1.10 bits per heavy atom. The number of carbonyl (C=O) groups is 1. The number of anilines is 2. The van der Waals surface area contributed by atoms with Crippen molar-refractivity contribution in [2.75, 3.05) is 29.7 Å². The molecule has 2 atom stereocenters. The van der Waals surface area contributed by atoms with Crippen molar-refractivity contribution < 1.29 is 18.1 Å². The van der Waals surface area contributed by atoms with Gasteiger partial charge in [-0.05, 0) is 87.6 Å². The molecular formula is C30H32ClFN6O3S. The Kier molecular flexibility index (Phi) is 8.88. The molecule has 0 spiro atoms. The van der Waals surface area contributed by atoms with E-state index in [1.54, 1.807) is 23.4 Å². The summed E-state index contributed by atoms with van der Waals surface area (Å²) in [5.41, 5.74) is 2.85. The van der Waals surface area contributed by atoms with Crippen molar-refractivity contribution in [2.45, 2.75) is 44.1 Å².